The van der Waals surface area contributed by atoms with Crippen LogP contribution in [0.1, 0.15) is 0 Å². The zero-order valence-electron chi connectivity index (χ0n) is 7.18. The van der Waals surface area contributed by atoms with Crippen LogP contribution < -0.4 is 0 Å². The van der Waals surface area contributed by atoms with Crippen molar-refractivity contribution in [2.24, 2.45) is 0 Å². The van der Waals surface area contributed by atoms with Crippen molar-refractivity contribution in [2.45, 2.75) is 0 Å². The van der Waals surface area contributed by atoms with Gasteiger partial charge in [-0.1, -0.05) is 35.9 Å². The molecule has 3 nitrogen and oxygen atoms in total. The summed E-state index contributed by atoms with van der Waals surface area (Å²) in [4.78, 5) is 0. The minimum absolute atomic E-state index is 0.716. The van der Waals surface area contributed by atoms with Gasteiger partial charge in [-0.05, 0) is 0 Å². The summed E-state index contributed by atoms with van der Waals surface area (Å²) in [7, 11) is 0. The fourth-order valence-corrected chi connectivity index (χ4v) is 1.88. The molecule has 0 bridgehead atoms. The number of rotatable bonds is 0. The molecule has 0 aliphatic carbocycles. The van der Waals surface area contributed by atoms with E-state index in [0.717, 1.165) is 16.4 Å². The van der Waals surface area contributed by atoms with Crippen molar-refractivity contribution in [2.75, 3.05) is 0 Å². The Hall–Kier alpha value is -1.61. The molecule has 0 N–H and O–H groups in total. The van der Waals surface area contributed by atoms with E-state index < -0.39 is 0 Å². The van der Waals surface area contributed by atoms with Gasteiger partial charge in [-0.2, -0.15) is 0 Å². The van der Waals surface area contributed by atoms with Crippen molar-refractivity contribution in [1.29, 1.82) is 0 Å². The van der Waals surface area contributed by atoms with Gasteiger partial charge in [-0.15, -0.1) is 10.2 Å². The molecule has 0 radical (unpaired) electrons. The number of pyridine rings is 1. The van der Waals surface area contributed by atoms with Crippen LogP contribution >= 0.6 is 11.6 Å². The van der Waals surface area contributed by atoms with E-state index in [0.29, 0.717) is 5.02 Å². The van der Waals surface area contributed by atoms with Crippen LogP contribution in [0, 0.1) is 0 Å². The summed E-state index contributed by atoms with van der Waals surface area (Å²) in [6.07, 6.45) is 3.47. The van der Waals surface area contributed by atoms with Crippen LogP contribution in [0.5, 0.6) is 0 Å². The molecule has 0 atom stereocenters. The second kappa shape index (κ2) is 2.69. The van der Waals surface area contributed by atoms with E-state index in [1.54, 1.807) is 6.33 Å². The van der Waals surface area contributed by atoms with E-state index in [1.807, 2.05) is 34.9 Å². The first-order chi connectivity index (χ1) is 6.86. The van der Waals surface area contributed by atoms with Gasteiger partial charge in [0.1, 0.15) is 6.33 Å². The van der Waals surface area contributed by atoms with Crippen molar-refractivity contribution in [3.8, 4) is 0 Å². The lowest BCUT2D eigenvalue weighted by atomic mass is 10.2. The van der Waals surface area contributed by atoms with Crippen molar-refractivity contribution < 1.29 is 0 Å². The van der Waals surface area contributed by atoms with Crippen LogP contribution in [0.2, 0.25) is 5.02 Å². The average Bonchev–Trinajstić information content (AvgIpc) is 2.66. The quantitative estimate of drug-likeness (QED) is 0.562. The number of halogens is 1. The fraction of sp³-hybridized carbons (Fsp3) is 0. The molecular weight excluding hydrogens is 198 g/mol. The molecular formula is C10H6ClN3. The summed E-state index contributed by atoms with van der Waals surface area (Å²) in [6.45, 7) is 0. The van der Waals surface area contributed by atoms with E-state index in [1.165, 1.54) is 0 Å². The molecule has 0 unspecified atom stereocenters. The number of hydrogen-bond acceptors (Lipinski definition) is 2. The molecule has 0 fully saturated rings. The molecule has 3 rings (SSSR count). The molecule has 14 heavy (non-hydrogen) atoms. The predicted molar refractivity (Wildman–Crippen MR) is 55.5 cm³/mol. The van der Waals surface area contributed by atoms with Gasteiger partial charge in [0, 0.05) is 17.0 Å². The highest BCUT2D eigenvalue weighted by molar-refractivity contribution is 6.35. The van der Waals surface area contributed by atoms with Gasteiger partial charge < -0.3 is 0 Å². The number of hydrogen-bond donors (Lipinski definition) is 0. The second-order valence-electron chi connectivity index (χ2n) is 3.08. The predicted octanol–water partition coefficient (Wildman–Crippen LogP) is 2.54. The molecule has 3 aromatic rings. The van der Waals surface area contributed by atoms with E-state index >= 15 is 0 Å². The van der Waals surface area contributed by atoms with Crippen LogP contribution in [0.4, 0.5) is 0 Å². The fourth-order valence-electron chi connectivity index (χ4n) is 1.61. The summed E-state index contributed by atoms with van der Waals surface area (Å²) in [6, 6.07) is 7.89. The maximum atomic E-state index is 6.12. The first-order valence-electron chi connectivity index (χ1n) is 4.23. The first-order valence-corrected chi connectivity index (χ1v) is 4.60. The highest BCUT2D eigenvalue weighted by Gasteiger charge is 2.05. The SMILES string of the molecule is Clc1cn2cnnc2c2ccccc12. The van der Waals surface area contributed by atoms with Crippen LogP contribution in [0.15, 0.2) is 36.8 Å². The minimum atomic E-state index is 0.716. The van der Waals surface area contributed by atoms with E-state index in [2.05, 4.69) is 10.2 Å². The molecule has 2 aromatic heterocycles. The van der Waals surface area contributed by atoms with E-state index in [9.17, 15) is 0 Å². The number of nitrogens with zero attached hydrogens (tertiary/aromatic N) is 3. The van der Waals surface area contributed by atoms with Crippen LogP contribution in [0.3, 0.4) is 0 Å². The molecule has 0 amide bonds. The van der Waals surface area contributed by atoms with Gasteiger partial charge in [-0.25, -0.2) is 0 Å². The smallest absolute Gasteiger partial charge is 0.168 e. The summed E-state index contributed by atoms with van der Waals surface area (Å²) < 4.78 is 1.82. The largest absolute Gasteiger partial charge is 0.287 e. The third-order valence-corrected chi connectivity index (χ3v) is 2.55. The van der Waals surface area contributed by atoms with Crippen molar-refractivity contribution in [3.05, 3.63) is 41.8 Å². The van der Waals surface area contributed by atoms with Crippen molar-refractivity contribution in [1.82, 2.24) is 14.6 Å². The summed E-state index contributed by atoms with van der Waals surface area (Å²) in [5, 5.41) is 10.6. The van der Waals surface area contributed by atoms with Crippen LogP contribution in [-0.4, -0.2) is 14.6 Å². The Balaban J connectivity index is 2.67. The molecule has 0 aliphatic heterocycles. The molecule has 0 saturated heterocycles. The third kappa shape index (κ3) is 0.930. The molecule has 0 spiro atoms. The van der Waals surface area contributed by atoms with E-state index in [4.69, 9.17) is 11.6 Å². The Morgan fingerprint density at radius 1 is 1.14 bits per heavy atom. The minimum Gasteiger partial charge on any atom is -0.287 e. The first kappa shape index (κ1) is 7.76. The van der Waals surface area contributed by atoms with Crippen LogP contribution in [0.25, 0.3) is 16.4 Å². The number of aromatic nitrogens is 3. The maximum Gasteiger partial charge on any atom is 0.168 e. The van der Waals surface area contributed by atoms with Gasteiger partial charge in [0.15, 0.2) is 5.65 Å². The molecule has 4 heteroatoms. The van der Waals surface area contributed by atoms with Crippen molar-refractivity contribution in [3.63, 3.8) is 0 Å². The van der Waals surface area contributed by atoms with Gasteiger partial charge in [-0.3, -0.25) is 4.40 Å². The maximum absolute atomic E-state index is 6.12. The normalized spacial score (nSPS) is 11.2. The zero-order chi connectivity index (χ0) is 9.54. The average molecular weight is 204 g/mol. The highest BCUT2D eigenvalue weighted by atomic mass is 35.5. The lowest BCUT2D eigenvalue weighted by Gasteiger charge is -2.01. The molecule has 0 aliphatic rings. The highest BCUT2D eigenvalue weighted by Crippen LogP contribution is 2.25. The summed E-state index contributed by atoms with van der Waals surface area (Å²) in [5.41, 5.74) is 0.838. The Morgan fingerprint density at radius 2 is 1.93 bits per heavy atom. The van der Waals surface area contributed by atoms with Gasteiger partial charge in [0.05, 0.1) is 5.02 Å². The Kier molecular flexibility index (Phi) is 1.49. The Labute approximate surface area is 84.9 Å². The number of benzene rings is 1. The lowest BCUT2D eigenvalue weighted by Crippen LogP contribution is -1.85. The number of fused-ring (bicyclic) bond motifs is 3. The molecule has 68 valence electrons. The molecule has 0 saturated carbocycles. The molecule has 2 heterocycles. The second-order valence-corrected chi connectivity index (χ2v) is 3.49. The lowest BCUT2D eigenvalue weighted by molar-refractivity contribution is 1.10. The van der Waals surface area contributed by atoms with Crippen LogP contribution in [-0.2, 0) is 0 Å². The van der Waals surface area contributed by atoms with Gasteiger partial charge in [0.25, 0.3) is 0 Å². The zero-order valence-corrected chi connectivity index (χ0v) is 7.94. The standard InChI is InChI=1S/C10H6ClN3/c11-9-5-14-6-12-13-10(14)8-4-2-1-3-7(8)9/h1-6H. The van der Waals surface area contributed by atoms with E-state index in [-0.39, 0.29) is 0 Å². The summed E-state index contributed by atoms with van der Waals surface area (Å²) >= 11 is 6.12. The third-order valence-electron chi connectivity index (χ3n) is 2.25. The monoisotopic (exact) mass is 203 g/mol. The van der Waals surface area contributed by atoms with Gasteiger partial charge in [0.2, 0.25) is 0 Å². The Morgan fingerprint density at radius 3 is 2.79 bits per heavy atom. The Bertz CT molecular complexity index is 615. The van der Waals surface area contributed by atoms with Gasteiger partial charge >= 0.3 is 0 Å². The van der Waals surface area contributed by atoms with Crippen molar-refractivity contribution >= 4 is 28.0 Å². The summed E-state index contributed by atoms with van der Waals surface area (Å²) in [5.74, 6) is 0. The molecule has 1 aromatic carbocycles. The topological polar surface area (TPSA) is 30.2 Å².